The summed E-state index contributed by atoms with van der Waals surface area (Å²) in [7, 11) is 6.57. The molecule has 0 amide bonds. The summed E-state index contributed by atoms with van der Waals surface area (Å²) in [5, 5.41) is 0. The lowest BCUT2D eigenvalue weighted by Crippen LogP contribution is -2.00. The van der Waals surface area contributed by atoms with Gasteiger partial charge in [0, 0.05) is 5.56 Å². The summed E-state index contributed by atoms with van der Waals surface area (Å²) >= 11 is 0. The first-order valence-electron chi connectivity index (χ1n) is 3.18. The van der Waals surface area contributed by atoms with Gasteiger partial charge < -0.3 is 9.53 Å². The van der Waals surface area contributed by atoms with Gasteiger partial charge in [-0.3, -0.25) is 0 Å². The number of carbonyl (C=O) groups is 1. The van der Waals surface area contributed by atoms with Crippen LogP contribution in [0.15, 0.2) is 24.3 Å². The predicted molar refractivity (Wildman–Crippen MR) is 43.1 cm³/mol. The standard InChI is InChI=1S/C8H7BO2/c1-11-7-5-3-2-4-6(7)8(9)10/h2-5H,1H3. The van der Waals surface area contributed by atoms with Crippen LogP contribution < -0.4 is 4.74 Å². The molecule has 1 aromatic carbocycles. The van der Waals surface area contributed by atoms with Crippen molar-refractivity contribution in [3.8, 4) is 5.75 Å². The summed E-state index contributed by atoms with van der Waals surface area (Å²) in [5.74, 6) is 0.514. The number of hydrogen-bond donors (Lipinski definition) is 0. The molecule has 0 unspecified atom stereocenters. The Morgan fingerprint density at radius 2 is 2.09 bits per heavy atom. The Balaban J connectivity index is 3.12. The molecular weight excluding hydrogens is 139 g/mol. The second-order valence-corrected chi connectivity index (χ2v) is 2.06. The minimum Gasteiger partial charge on any atom is -0.496 e. The molecule has 0 heterocycles. The molecular formula is C8H7BO2. The van der Waals surface area contributed by atoms with E-state index in [1.54, 1.807) is 24.3 Å². The third-order valence-corrected chi connectivity index (χ3v) is 1.37. The van der Waals surface area contributed by atoms with Gasteiger partial charge >= 0.3 is 0 Å². The van der Waals surface area contributed by atoms with Crippen LogP contribution in [0.2, 0.25) is 0 Å². The van der Waals surface area contributed by atoms with Crippen LogP contribution in [0.4, 0.5) is 0 Å². The van der Waals surface area contributed by atoms with Crippen LogP contribution in [0.3, 0.4) is 0 Å². The molecule has 0 aromatic heterocycles. The van der Waals surface area contributed by atoms with E-state index < -0.39 is 5.68 Å². The Morgan fingerprint density at radius 1 is 1.45 bits per heavy atom. The SMILES string of the molecule is [B]C(=O)c1ccccc1OC. The second kappa shape index (κ2) is 3.24. The molecule has 3 heteroatoms. The number of methoxy groups -OCH3 is 1. The Labute approximate surface area is 66.6 Å². The number of rotatable bonds is 2. The summed E-state index contributed by atoms with van der Waals surface area (Å²) < 4.78 is 4.91. The van der Waals surface area contributed by atoms with E-state index >= 15 is 0 Å². The van der Waals surface area contributed by atoms with E-state index in [9.17, 15) is 4.79 Å². The molecule has 54 valence electrons. The van der Waals surface area contributed by atoms with Crippen molar-refractivity contribution >= 4 is 13.5 Å². The van der Waals surface area contributed by atoms with Crippen LogP contribution >= 0.6 is 0 Å². The fourth-order valence-corrected chi connectivity index (χ4v) is 0.848. The van der Waals surface area contributed by atoms with E-state index in [2.05, 4.69) is 0 Å². The monoisotopic (exact) mass is 146 g/mol. The molecule has 0 spiro atoms. The lowest BCUT2D eigenvalue weighted by molar-refractivity contribution is 0.107. The lowest BCUT2D eigenvalue weighted by Gasteiger charge is -2.03. The van der Waals surface area contributed by atoms with Gasteiger partial charge in [0.2, 0.25) is 0 Å². The molecule has 0 atom stereocenters. The number of ether oxygens (including phenoxy) is 1. The maximum Gasteiger partial charge on any atom is 0.175 e. The van der Waals surface area contributed by atoms with Crippen LogP contribution in [-0.2, 0) is 0 Å². The maximum absolute atomic E-state index is 10.7. The average molecular weight is 146 g/mol. The van der Waals surface area contributed by atoms with Gasteiger partial charge in [-0.15, -0.1) is 0 Å². The van der Waals surface area contributed by atoms with E-state index in [0.29, 0.717) is 11.3 Å². The summed E-state index contributed by atoms with van der Waals surface area (Å²) in [4.78, 5) is 10.7. The van der Waals surface area contributed by atoms with Crippen molar-refractivity contribution in [2.45, 2.75) is 0 Å². The number of para-hydroxylation sites is 1. The molecule has 2 nitrogen and oxygen atoms in total. The van der Waals surface area contributed by atoms with Crippen molar-refractivity contribution in [1.29, 1.82) is 0 Å². The van der Waals surface area contributed by atoms with Gasteiger partial charge in [-0.2, -0.15) is 0 Å². The van der Waals surface area contributed by atoms with Crippen molar-refractivity contribution in [2.24, 2.45) is 0 Å². The first-order chi connectivity index (χ1) is 5.25. The molecule has 0 fully saturated rings. The number of hydrogen-bond acceptors (Lipinski definition) is 2. The zero-order valence-corrected chi connectivity index (χ0v) is 6.20. The van der Waals surface area contributed by atoms with Crippen LogP contribution in [0.25, 0.3) is 0 Å². The Kier molecular flexibility index (Phi) is 2.31. The average Bonchev–Trinajstić information content (AvgIpc) is 2.04. The molecule has 11 heavy (non-hydrogen) atoms. The fraction of sp³-hybridized carbons (Fsp3) is 0.125. The van der Waals surface area contributed by atoms with E-state index in [1.807, 2.05) is 0 Å². The highest BCUT2D eigenvalue weighted by atomic mass is 16.5. The summed E-state index contributed by atoms with van der Waals surface area (Å²) in [6.45, 7) is 0. The van der Waals surface area contributed by atoms with Gasteiger partial charge in [0.05, 0.1) is 7.11 Å². The van der Waals surface area contributed by atoms with Crippen LogP contribution in [0.1, 0.15) is 10.4 Å². The molecule has 0 N–H and O–H groups in total. The predicted octanol–water partition coefficient (Wildman–Crippen LogP) is 1.00. The minimum atomic E-state index is -0.470. The normalized spacial score (nSPS) is 9.18. The molecule has 1 rings (SSSR count). The Hall–Kier alpha value is -1.25. The van der Waals surface area contributed by atoms with E-state index in [4.69, 9.17) is 12.6 Å². The summed E-state index contributed by atoms with van der Waals surface area (Å²) in [5.41, 5.74) is -0.0579. The van der Waals surface area contributed by atoms with Gasteiger partial charge in [-0.05, 0) is 12.1 Å². The van der Waals surface area contributed by atoms with Crippen molar-refractivity contribution in [3.05, 3.63) is 29.8 Å². The molecule has 0 aliphatic rings. The molecule has 0 bridgehead atoms. The highest BCUT2D eigenvalue weighted by molar-refractivity contribution is 6.62. The van der Waals surface area contributed by atoms with Gasteiger partial charge in [0.1, 0.15) is 11.4 Å². The highest BCUT2D eigenvalue weighted by Crippen LogP contribution is 2.16. The topological polar surface area (TPSA) is 26.3 Å². The third-order valence-electron chi connectivity index (χ3n) is 1.37. The first kappa shape index (κ1) is 7.86. The number of carbonyl (C=O) groups excluding carboxylic acids is 1. The van der Waals surface area contributed by atoms with Gasteiger partial charge in [-0.1, -0.05) is 12.1 Å². The van der Waals surface area contributed by atoms with Crippen molar-refractivity contribution in [2.75, 3.05) is 7.11 Å². The van der Waals surface area contributed by atoms with E-state index in [0.717, 1.165) is 0 Å². The highest BCUT2D eigenvalue weighted by Gasteiger charge is 2.03. The second-order valence-electron chi connectivity index (χ2n) is 2.06. The lowest BCUT2D eigenvalue weighted by atomic mass is 9.94. The van der Waals surface area contributed by atoms with Crippen molar-refractivity contribution < 1.29 is 9.53 Å². The maximum atomic E-state index is 10.7. The Bertz CT molecular complexity index is 271. The molecule has 0 aliphatic carbocycles. The minimum absolute atomic E-state index is 0.412. The summed E-state index contributed by atoms with van der Waals surface area (Å²) in [6, 6.07) is 6.84. The first-order valence-corrected chi connectivity index (χ1v) is 3.18. The molecule has 2 radical (unpaired) electrons. The van der Waals surface area contributed by atoms with Crippen molar-refractivity contribution in [1.82, 2.24) is 0 Å². The molecule has 1 aromatic rings. The zero-order valence-electron chi connectivity index (χ0n) is 6.20. The molecule has 0 aliphatic heterocycles. The molecule has 0 saturated heterocycles. The zero-order chi connectivity index (χ0) is 8.27. The largest absolute Gasteiger partial charge is 0.496 e. The Morgan fingerprint density at radius 3 is 2.55 bits per heavy atom. The molecule has 0 saturated carbocycles. The van der Waals surface area contributed by atoms with Crippen LogP contribution in [-0.4, -0.2) is 20.6 Å². The van der Waals surface area contributed by atoms with Crippen LogP contribution in [0.5, 0.6) is 5.75 Å². The smallest absolute Gasteiger partial charge is 0.175 e. The number of benzene rings is 1. The fourth-order valence-electron chi connectivity index (χ4n) is 0.848. The van der Waals surface area contributed by atoms with E-state index in [-0.39, 0.29) is 0 Å². The van der Waals surface area contributed by atoms with Gasteiger partial charge in [-0.25, -0.2) is 0 Å². The third kappa shape index (κ3) is 1.61. The summed E-state index contributed by atoms with van der Waals surface area (Å²) in [6.07, 6.45) is 0. The van der Waals surface area contributed by atoms with E-state index in [1.165, 1.54) is 7.11 Å². The van der Waals surface area contributed by atoms with Gasteiger partial charge in [0.15, 0.2) is 7.85 Å². The van der Waals surface area contributed by atoms with Crippen molar-refractivity contribution in [3.63, 3.8) is 0 Å². The van der Waals surface area contributed by atoms with Gasteiger partial charge in [0.25, 0.3) is 0 Å². The van der Waals surface area contributed by atoms with Crippen LogP contribution in [0, 0.1) is 0 Å². The quantitative estimate of drug-likeness (QED) is 0.581.